The molecular weight excluding hydrogens is 234 g/mol. The largest absolute Gasteiger partial charge is 0.329 e. The third kappa shape index (κ3) is 3.27. The van der Waals surface area contributed by atoms with E-state index in [9.17, 15) is 8.78 Å². The molecule has 0 spiro atoms. The van der Waals surface area contributed by atoms with E-state index in [1.807, 2.05) is 0 Å². The Kier molecular flexibility index (Phi) is 4.30. The number of alkyl halides is 2. The van der Waals surface area contributed by atoms with Gasteiger partial charge in [-0.15, -0.1) is 0 Å². The van der Waals surface area contributed by atoms with Crippen LogP contribution in [0.25, 0.3) is 0 Å². The number of benzene rings is 1. The van der Waals surface area contributed by atoms with Gasteiger partial charge < -0.3 is 5.73 Å². The van der Waals surface area contributed by atoms with Crippen molar-refractivity contribution in [2.24, 2.45) is 11.7 Å². The maximum atomic E-state index is 12.4. The van der Waals surface area contributed by atoms with Crippen molar-refractivity contribution >= 4 is 0 Å². The standard InChI is InChI=1S/C14H20F2N2/c1-18(13(8-17)11-6-7-11)9-10-2-4-12(5-3-10)14(15)16/h2-5,11,13-14H,6-9,17H2,1H3. The molecule has 0 saturated heterocycles. The van der Waals surface area contributed by atoms with E-state index in [1.165, 1.54) is 25.0 Å². The molecule has 0 aromatic heterocycles. The van der Waals surface area contributed by atoms with Crippen LogP contribution in [0, 0.1) is 5.92 Å². The van der Waals surface area contributed by atoms with Crippen LogP contribution in [0.2, 0.25) is 0 Å². The summed E-state index contributed by atoms with van der Waals surface area (Å²) in [6, 6.07) is 6.97. The number of hydrogen-bond acceptors (Lipinski definition) is 2. The van der Waals surface area contributed by atoms with E-state index in [4.69, 9.17) is 5.73 Å². The smallest absolute Gasteiger partial charge is 0.263 e. The molecule has 2 N–H and O–H groups in total. The Bertz CT molecular complexity index is 374. The average Bonchev–Trinajstić information content (AvgIpc) is 3.15. The van der Waals surface area contributed by atoms with Crippen molar-refractivity contribution < 1.29 is 8.78 Å². The lowest BCUT2D eigenvalue weighted by molar-refractivity contribution is 0.151. The molecule has 0 heterocycles. The molecule has 100 valence electrons. The van der Waals surface area contributed by atoms with Crippen LogP contribution in [-0.2, 0) is 6.54 Å². The van der Waals surface area contributed by atoms with Gasteiger partial charge in [0.15, 0.2) is 0 Å². The molecule has 4 heteroatoms. The lowest BCUT2D eigenvalue weighted by Crippen LogP contribution is -2.39. The second-order valence-electron chi connectivity index (χ2n) is 5.10. The minimum Gasteiger partial charge on any atom is -0.329 e. The minimum absolute atomic E-state index is 0.0824. The summed E-state index contributed by atoms with van der Waals surface area (Å²) in [5, 5.41) is 0. The fraction of sp³-hybridized carbons (Fsp3) is 0.571. The van der Waals surface area contributed by atoms with Gasteiger partial charge in [-0.2, -0.15) is 0 Å². The highest BCUT2D eigenvalue weighted by atomic mass is 19.3. The zero-order valence-corrected chi connectivity index (χ0v) is 10.7. The van der Waals surface area contributed by atoms with Crippen LogP contribution in [0.4, 0.5) is 8.78 Å². The topological polar surface area (TPSA) is 29.3 Å². The number of halogens is 2. The predicted octanol–water partition coefficient (Wildman–Crippen LogP) is 2.79. The summed E-state index contributed by atoms with van der Waals surface area (Å²) in [4.78, 5) is 2.23. The Hall–Kier alpha value is -1.00. The highest BCUT2D eigenvalue weighted by Gasteiger charge is 2.32. The van der Waals surface area contributed by atoms with Crippen LogP contribution in [0.3, 0.4) is 0 Å². The Morgan fingerprint density at radius 1 is 1.28 bits per heavy atom. The number of likely N-dealkylation sites (N-methyl/N-ethyl adjacent to an activating group) is 1. The molecule has 0 radical (unpaired) electrons. The monoisotopic (exact) mass is 254 g/mol. The fourth-order valence-electron chi connectivity index (χ4n) is 2.39. The van der Waals surface area contributed by atoms with Crippen molar-refractivity contribution in [2.45, 2.75) is 31.9 Å². The fourth-order valence-corrected chi connectivity index (χ4v) is 2.39. The summed E-state index contributed by atoms with van der Waals surface area (Å²) in [5.41, 5.74) is 6.93. The first-order valence-electron chi connectivity index (χ1n) is 6.39. The van der Waals surface area contributed by atoms with E-state index in [0.29, 0.717) is 12.6 Å². The van der Waals surface area contributed by atoms with Crippen LogP contribution in [-0.4, -0.2) is 24.5 Å². The van der Waals surface area contributed by atoms with Crippen molar-refractivity contribution in [3.05, 3.63) is 35.4 Å². The maximum absolute atomic E-state index is 12.4. The Balaban J connectivity index is 1.95. The average molecular weight is 254 g/mol. The highest BCUT2D eigenvalue weighted by Crippen LogP contribution is 2.35. The summed E-state index contributed by atoms with van der Waals surface area (Å²) in [5.74, 6) is 0.723. The van der Waals surface area contributed by atoms with E-state index in [1.54, 1.807) is 12.1 Å². The van der Waals surface area contributed by atoms with Crippen molar-refractivity contribution in [1.82, 2.24) is 4.90 Å². The molecule has 0 amide bonds. The van der Waals surface area contributed by atoms with Crippen molar-refractivity contribution in [2.75, 3.05) is 13.6 Å². The molecule has 1 aromatic rings. The molecule has 1 saturated carbocycles. The number of hydrogen-bond donors (Lipinski definition) is 1. The molecule has 1 aromatic carbocycles. The van der Waals surface area contributed by atoms with Crippen molar-refractivity contribution in [1.29, 1.82) is 0 Å². The van der Waals surface area contributed by atoms with Gasteiger partial charge in [-0.3, -0.25) is 4.90 Å². The van der Waals surface area contributed by atoms with Gasteiger partial charge in [0.25, 0.3) is 6.43 Å². The SMILES string of the molecule is CN(Cc1ccc(C(F)F)cc1)C(CN)C1CC1. The third-order valence-electron chi connectivity index (χ3n) is 3.64. The summed E-state index contributed by atoms with van der Waals surface area (Å²) >= 11 is 0. The van der Waals surface area contributed by atoms with E-state index in [-0.39, 0.29) is 5.56 Å². The normalized spacial score (nSPS) is 17.4. The van der Waals surface area contributed by atoms with E-state index in [2.05, 4.69) is 11.9 Å². The van der Waals surface area contributed by atoms with E-state index in [0.717, 1.165) is 18.0 Å². The third-order valence-corrected chi connectivity index (χ3v) is 3.64. The van der Waals surface area contributed by atoms with Gasteiger partial charge in [0, 0.05) is 24.7 Å². The maximum Gasteiger partial charge on any atom is 0.263 e. The zero-order chi connectivity index (χ0) is 13.1. The quantitative estimate of drug-likeness (QED) is 0.845. The number of nitrogens with two attached hydrogens (primary N) is 1. The van der Waals surface area contributed by atoms with Gasteiger partial charge >= 0.3 is 0 Å². The van der Waals surface area contributed by atoms with Crippen LogP contribution >= 0.6 is 0 Å². The molecule has 1 aliphatic carbocycles. The summed E-state index contributed by atoms with van der Waals surface area (Å²) in [6.07, 6.45) is 0.132. The number of rotatable bonds is 6. The van der Waals surface area contributed by atoms with Gasteiger partial charge in [-0.1, -0.05) is 24.3 Å². The minimum atomic E-state index is -2.39. The Morgan fingerprint density at radius 2 is 1.89 bits per heavy atom. The first-order chi connectivity index (χ1) is 8.61. The number of nitrogens with zero attached hydrogens (tertiary/aromatic N) is 1. The van der Waals surface area contributed by atoms with Gasteiger partial charge in [-0.05, 0) is 31.4 Å². The molecule has 0 bridgehead atoms. The lowest BCUT2D eigenvalue weighted by atomic mass is 10.1. The molecule has 18 heavy (non-hydrogen) atoms. The summed E-state index contributed by atoms with van der Waals surface area (Å²) in [7, 11) is 2.05. The van der Waals surface area contributed by atoms with Gasteiger partial charge in [-0.25, -0.2) is 8.78 Å². The van der Waals surface area contributed by atoms with Crippen LogP contribution in [0.15, 0.2) is 24.3 Å². The molecular formula is C14H20F2N2. The second kappa shape index (κ2) is 5.76. The lowest BCUT2D eigenvalue weighted by Gasteiger charge is -2.27. The van der Waals surface area contributed by atoms with E-state index < -0.39 is 6.43 Å². The summed E-state index contributed by atoms with van der Waals surface area (Å²) in [6.45, 7) is 1.43. The highest BCUT2D eigenvalue weighted by molar-refractivity contribution is 5.23. The van der Waals surface area contributed by atoms with Crippen LogP contribution in [0.5, 0.6) is 0 Å². The van der Waals surface area contributed by atoms with E-state index >= 15 is 0 Å². The first-order valence-corrected chi connectivity index (χ1v) is 6.39. The Labute approximate surface area is 107 Å². The van der Waals surface area contributed by atoms with Crippen LogP contribution in [0.1, 0.15) is 30.4 Å². The zero-order valence-electron chi connectivity index (χ0n) is 10.7. The second-order valence-corrected chi connectivity index (χ2v) is 5.10. The molecule has 0 aliphatic heterocycles. The Morgan fingerprint density at radius 3 is 2.33 bits per heavy atom. The molecule has 1 atom stereocenters. The van der Waals surface area contributed by atoms with Gasteiger partial charge in [0.05, 0.1) is 0 Å². The van der Waals surface area contributed by atoms with Gasteiger partial charge in [0.1, 0.15) is 0 Å². The molecule has 1 aliphatic rings. The molecule has 1 unspecified atom stereocenters. The first kappa shape index (κ1) is 13.4. The van der Waals surface area contributed by atoms with Gasteiger partial charge in [0.2, 0.25) is 0 Å². The summed E-state index contributed by atoms with van der Waals surface area (Å²) < 4.78 is 24.9. The van der Waals surface area contributed by atoms with Crippen LogP contribution < -0.4 is 5.73 Å². The molecule has 2 rings (SSSR count). The van der Waals surface area contributed by atoms with Crippen molar-refractivity contribution in [3.8, 4) is 0 Å². The predicted molar refractivity (Wildman–Crippen MR) is 68.4 cm³/mol. The van der Waals surface area contributed by atoms with Crippen molar-refractivity contribution in [3.63, 3.8) is 0 Å². The molecule has 1 fully saturated rings. The molecule has 2 nitrogen and oxygen atoms in total.